The predicted molar refractivity (Wildman–Crippen MR) is 93.2 cm³/mol. The quantitative estimate of drug-likeness (QED) is 0.326. The van der Waals surface area contributed by atoms with E-state index in [1.54, 1.807) is 7.05 Å². The largest absolute Gasteiger partial charge is 0.457 e. The summed E-state index contributed by atoms with van der Waals surface area (Å²) in [5.41, 5.74) is 0.531. The molecule has 0 unspecified atom stereocenters. The first kappa shape index (κ1) is 21.1. The Labute approximate surface area is 167 Å². The second-order valence-corrected chi connectivity index (χ2v) is 6.09. The highest BCUT2D eigenvalue weighted by molar-refractivity contribution is 5.75. The van der Waals surface area contributed by atoms with E-state index >= 15 is 0 Å². The van der Waals surface area contributed by atoms with Crippen molar-refractivity contribution in [2.45, 2.75) is 26.1 Å². The molecule has 30 heavy (non-hydrogen) atoms. The van der Waals surface area contributed by atoms with Crippen molar-refractivity contribution in [1.82, 2.24) is 24.7 Å². The summed E-state index contributed by atoms with van der Waals surface area (Å²) in [5.74, 6) is -2.55. The molecule has 0 aliphatic heterocycles. The van der Waals surface area contributed by atoms with Gasteiger partial charge in [-0.3, -0.25) is 9.48 Å². The van der Waals surface area contributed by atoms with Gasteiger partial charge in [0.15, 0.2) is 11.6 Å². The number of carbonyl (C=O) groups is 1. The van der Waals surface area contributed by atoms with Gasteiger partial charge in [0.2, 0.25) is 5.95 Å². The lowest BCUT2D eigenvalue weighted by atomic mass is 10.1. The molecule has 0 saturated carbocycles. The van der Waals surface area contributed by atoms with Crippen LogP contribution in [0, 0.1) is 11.8 Å². The molecule has 3 aromatic heterocycles. The fourth-order valence-electron chi connectivity index (χ4n) is 2.64. The zero-order valence-electron chi connectivity index (χ0n) is 15.7. The number of nitrogens with zero attached hydrogens (tertiary/aromatic N) is 5. The van der Waals surface area contributed by atoms with Gasteiger partial charge in [0, 0.05) is 7.05 Å². The number of halogens is 4. The Morgan fingerprint density at radius 3 is 2.50 bits per heavy atom. The Morgan fingerprint density at radius 2 is 1.83 bits per heavy atom. The van der Waals surface area contributed by atoms with Crippen molar-refractivity contribution in [3.63, 3.8) is 0 Å². The van der Waals surface area contributed by atoms with Crippen LogP contribution < -0.4 is 4.74 Å². The Hall–Kier alpha value is -3.57. The van der Waals surface area contributed by atoms with E-state index in [0.29, 0.717) is 17.5 Å². The van der Waals surface area contributed by atoms with E-state index in [2.05, 4.69) is 24.8 Å². The molecule has 0 aliphatic carbocycles. The Bertz CT molecular complexity index is 1040. The van der Waals surface area contributed by atoms with Crippen LogP contribution in [0.5, 0.6) is 5.75 Å². The standard InChI is InChI=1S/C18H15F4N5O3/c1-9(12-3-10(19)5-23-16(12)20)29-15(28)4-14-13(8-26-27(14)2)17-24-6-11(7-25-17)30-18(21)22/h3,5-9,18H,4H2,1-2H3/t9-/m1/s1. The van der Waals surface area contributed by atoms with Crippen molar-refractivity contribution in [2.75, 3.05) is 0 Å². The average Bonchev–Trinajstić information content (AvgIpc) is 3.04. The van der Waals surface area contributed by atoms with Crippen LogP contribution in [0.1, 0.15) is 24.3 Å². The number of hydrogen-bond acceptors (Lipinski definition) is 7. The molecule has 8 nitrogen and oxygen atoms in total. The van der Waals surface area contributed by atoms with Crippen LogP contribution in [-0.2, 0) is 23.0 Å². The van der Waals surface area contributed by atoms with Gasteiger partial charge in [-0.15, -0.1) is 0 Å². The average molecular weight is 425 g/mol. The SMILES string of the molecule is C[C@@H](OC(=O)Cc1c(-c2ncc(OC(F)F)cn2)cnn1C)c1cc(F)cnc1F. The first-order valence-corrected chi connectivity index (χ1v) is 8.53. The third-order valence-electron chi connectivity index (χ3n) is 4.05. The second-order valence-electron chi connectivity index (χ2n) is 6.09. The predicted octanol–water partition coefficient (Wildman–Crippen LogP) is 3.00. The van der Waals surface area contributed by atoms with Crippen LogP contribution in [0.2, 0.25) is 0 Å². The summed E-state index contributed by atoms with van der Waals surface area (Å²) in [4.78, 5) is 23.5. The van der Waals surface area contributed by atoms with Crippen molar-refractivity contribution >= 4 is 5.97 Å². The number of aromatic nitrogens is 5. The molecule has 12 heteroatoms. The van der Waals surface area contributed by atoms with Gasteiger partial charge >= 0.3 is 12.6 Å². The minimum Gasteiger partial charge on any atom is -0.457 e. The van der Waals surface area contributed by atoms with Gasteiger partial charge in [0.05, 0.1) is 48.0 Å². The highest BCUT2D eigenvalue weighted by Gasteiger charge is 2.21. The van der Waals surface area contributed by atoms with E-state index in [4.69, 9.17) is 4.74 Å². The van der Waals surface area contributed by atoms with Crippen LogP contribution in [0.4, 0.5) is 17.6 Å². The maximum absolute atomic E-state index is 13.8. The molecule has 1 atom stereocenters. The Balaban J connectivity index is 1.75. The molecule has 0 aliphatic rings. The lowest BCUT2D eigenvalue weighted by molar-refractivity contribution is -0.148. The fraction of sp³-hybridized carbons (Fsp3) is 0.278. The number of rotatable bonds is 7. The number of pyridine rings is 1. The summed E-state index contributed by atoms with van der Waals surface area (Å²) in [5, 5.41) is 4.04. The molecular formula is C18H15F4N5O3. The zero-order chi connectivity index (χ0) is 21.8. The van der Waals surface area contributed by atoms with Gasteiger partial charge < -0.3 is 9.47 Å². The third-order valence-corrected chi connectivity index (χ3v) is 4.05. The minimum atomic E-state index is -3.01. The van der Waals surface area contributed by atoms with Gasteiger partial charge in [-0.1, -0.05) is 0 Å². The molecule has 0 N–H and O–H groups in total. The highest BCUT2D eigenvalue weighted by atomic mass is 19.3. The van der Waals surface area contributed by atoms with E-state index in [0.717, 1.165) is 18.5 Å². The van der Waals surface area contributed by atoms with Crippen molar-refractivity contribution in [3.05, 3.63) is 53.9 Å². The fourth-order valence-corrected chi connectivity index (χ4v) is 2.64. The molecule has 3 aromatic rings. The van der Waals surface area contributed by atoms with Crippen molar-refractivity contribution in [1.29, 1.82) is 0 Å². The molecule has 0 amide bonds. The van der Waals surface area contributed by atoms with E-state index in [9.17, 15) is 22.4 Å². The number of aryl methyl sites for hydroxylation is 1. The van der Waals surface area contributed by atoms with Gasteiger partial charge in [-0.2, -0.15) is 18.3 Å². The highest BCUT2D eigenvalue weighted by Crippen LogP contribution is 2.24. The zero-order valence-corrected chi connectivity index (χ0v) is 15.7. The van der Waals surface area contributed by atoms with Crippen LogP contribution in [-0.4, -0.2) is 37.3 Å². The van der Waals surface area contributed by atoms with E-state index in [-0.39, 0.29) is 23.6 Å². The van der Waals surface area contributed by atoms with Gasteiger partial charge in [-0.05, 0) is 13.0 Å². The molecule has 0 bridgehead atoms. The molecule has 0 spiro atoms. The van der Waals surface area contributed by atoms with Crippen molar-refractivity contribution < 1.29 is 31.8 Å². The monoisotopic (exact) mass is 425 g/mol. The molecule has 0 fully saturated rings. The number of ether oxygens (including phenoxy) is 2. The summed E-state index contributed by atoms with van der Waals surface area (Å²) >= 11 is 0. The number of esters is 1. The second kappa shape index (κ2) is 8.84. The molecule has 3 heterocycles. The number of carbonyl (C=O) groups excluding carboxylic acids is 1. The summed E-state index contributed by atoms with van der Waals surface area (Å²) in [6.45, 7) is -1.63. The topological polar surface area (TPSA) is 92.0 Å². The van der Waals surface area contributed by atoms with E-state index in [1.165, 1.54) is 17.8 Å². The summed E-state index contributed by atoms with van der Waals surface area (Å²) in [7, 11) is 1.57. The van der Waals surface area contributed by atoms with Crippen molar-refractivity contribution in [2.24, 2.45) is 7.05 Å². The smallest absolute Gasteiger partial charge is 0.387 e. The van der Waals surface area contributed by atoms with Crippen LogP contribution >= 0.6 is 0 Å². The molecule has 158 valence electrons. The summed E-state index contributed by atoms with van der Waals surface area (Å²) in [6, 6.07) is 0.895. The van der Waals surface area contributed by atoms with Gasteiger partial charge in [0.25, 0.3) is 0 Å². The lowest BCUT2D eigenvalue weighted by Crippen LogP contribution is -2.15. The first-order chi connectivity index (χ1) is 14.2. The Morgan fingerprint density at radius 1 is 1.13 bits per heavy atom. The normalized spacial score (nSPS) is 12.1. The molecule has 0 saturated heterocycles. The number of hydrogen-bond donors (Lipinski definition) is 0. The van der Waals surface area contributed by atoms with Gasteiger partial charge in [-0.25, -0.2) is 19.3 Å². The minimum absolute atomic E-state index is 0.126. The third kappa shape index (κ3) is 4.88. The van der Waals surface area contributed by atoms with E-state index in [1.807, 2.05) is 0 Å². The maximum Gasteiger partial charge on any atom is 0.387 e. The van der Waals surface area contributed by atoms with Crippen LogP contribution in [0.25, 0.3) is 11.4 Å². The Kier molecular flexibility index (Phi) is 6.23. The number of alkyl halides is 2. The van der Waals surface area contributed by atoms with Crippen molar-refractivity contribution in [3.8, 4) is 17.1 Å². The molecular weight excluding hydrogens is 410 g/mol. The van der Waals surface area contributed by atoms with Gasteiger partial charge in [0.1, 0.15) is 11.9 Å². The summed E-state index contributed by atoms with van der Waals surface area (Å²) in [6.07, 6.45) is 2.87. The lowest BCUT2D eigenvalue weighted by Gasteiger charge is -2.14. The van der Waals surface area contributed by atoms with Crippen LogP contribution in [0.15, 0.2) is 30.9 Å². The molecule has 3 rings (SSSR count). The molecule has 0 aromatic carbocycles. The molecule has 0 radical (unpaired) electrons. The maximum atomic E-state index is 13.8. The summed E-state index contributed by atoms with van der Waals surface area (Å²) < 4.78 is 62.3. The van der Waals surface area contributed by atoms with E-state index < -0.39 is 30.4 Å². The van der Waals surface area contributed by atoms with Crippen LogP contribution in [0.3, 0.4) is 0 Å². The first-order valence-electron chi connectivity index (χ1n) is 8.53.